The SMILES string of the molecule is CC(NCC1CC1)c1ccsc1. The maximum Gasteiger partial charge on any atom is 0.0300 e. The van der Waals surface area contributed by atoms with E-state index in [0.29, 0.717) is 6.04 Å². The van der Waals surface area contributed by atoms with E-state index in [1.54, 1.807) is 11.3 Å². The Labute approximate surface area is 77.8 Å². The molecule has 2 rings (SSSR count). The Kier molecular flexibility index (Phi) is 2.47. The average molecular weight is 181 g/mol. The van der Waals surface area contributed by atoms with E-state index in [-0.39, 0.29) is 0 Å². The second kappa shape index (κ2) is 3.58. The van der Waals surface area contributed by atoms with Gasteiger partial charge in [-0.2, -0.15) is 11.3 Å². The molecule has 0 aliphatic heterocycles. The van der Waals surface area contributed by atoms with E-state index in [9.17, 15) is 0 Å². The fourth-order valence-corrected chi connectivity index (χ4v) is 2.06. The molecule has 0 aromatic carbocycles. The molecule has 66 valence electrons. The van der Waals surface area contributed by atoms with Crippen LogP contribution < -0.4 is 5.32 Å². The molecule has 1 saturated carbocycles. The summed E-state index contributed by atoms with van der Waals surface area (Å²) < 4.78 is 0. The number of thiophene rings is 1. The lowest BCUT2D eigenvalue weighted by molar-refractivity contribution is 0.550. The van der Waals surface area contributed by atoms with E-state index in [0.717, 1.165) is 5.92 Å². The molecule has 0 bridgehead atoms. The van der Waals surface area contributed by atoms with E-state index in [2.05, 4.69) is 29.1 Å². The van der Waals surface area contributed by atoms with Crippen LogP contribution in [-0.2, 0) is 0 Å². The highest BCUT2D eigenvalue weighted by atomic mass is 32.1. The van der Waals surface area contributed by atoms with E-state index < -0.39 is 0 Å². The minimum atomic E-state index is 0.539. The van der Waals surface area contributed by atoms with E-state index in [1.165, 1.54) is 24.9 Å². The Morgan fingerprint density at radius 1 is 1.67 bits per heavy atom. The number of hydrogen-bond acceptors (Lipinski definition) is 2. The highest BCUT2D eigenvalue weighted by Crippen LogP contribution is 2.28. The van der Waals surface area contributed by atoms with Crippen molar-refractivity contribution in [3.8, 4) is 0 Å². The summed E-state index contributed by atoms with van der Waals surface area (Å²) in [7, 11) is 0. The van der Waals surface area contributed by atoms with Crippen molar-refractivity contribution in [3.05, 3.63) is 22.4 Å². The molecule has 1 nitrogen and oxygen atoms in total. The second-order valence-corrected chi connectivity index (χ2v) is 4.41. The third-order valence-corrected chi connectivity index (χ3v) is 3.15. The molecule has 1 aromatic heterocycles. The molecule has 0 spiro atoms. The number of hydrogen-bond donors (Lipinski definition) is 1. The average Bonchev–Trinajstić information content (AvgIpc) is 2.74. The fraction of sp³-hybridized carbons (Fsp3) is 0.600. The maximum absolute atomic E-state index is 3.55. The van der Waals surface area contributed by atoms with Crippen LogP contribution in [0.2, 0.25) is 0 Å². The first-order chi connectivity index (χ1) is 5.86. The van der Waals surface area contributed by atoms with Gasteiger partial charge in [-0.3, -0.25) is 0 Å². The second-order valence-electron chi connectivity index (χ2n) is 3.63. The Hall–Kier alpha value is -0.340. The Balaban J connectivity index is 1.79. The van der Waals surface area contributed by atoms with Gasteiger partial charge in [0.25, 0.3) is 0 Å². The zero-order valence-corrected chi connectivity index (χ0v) is 8.23. The molecule has 0 saturated heterocycles. The Morgan fingerprint density at radius 3 is 3.08 bits per heavy atom. The van der Waals surface area contributed by atoms with Gasteiger partial charge in [-0.05, 0) is 54.6 Å². The largest absolute Gasteiger partial charge is 0.310 e. The van der Waals surface area contributed by atoms with Gasteiger partial charge in [0.05, 0.1) is 0 Å². The van der Waals surface area contributed by atoms with Crippen molar-refractivity contribution >= 4 is 11.3 Å². The molecular formula is C10H15NS. The van der Waals surface area contributed by atoms with E-state index >= 15 is 0 Å². The molecule has 0 amide bonds. The summed E-state index contributed by atoms with van der Waals surface area (Å²) in [5.41, 5.74) is 1.43. The molecule has 2 heteroatoms. The van der Waals surface area contributed by atoms with Crippen molar-refractivity contribution in [2.75, 3.05) is 6.54 Å². The van der Waals surface area contributed by atoms with E-state index in [1.807, 2.05) is 0 Å². The first-order valence-corrected chi connectivity index (χ1v) is 5.56. The number of nitrogens with one attached hydrogen (secondary N) is 1. The summed E-state index contributed by atoms with van der Waals surface area (Å²) in [5.74, 6) is 0.978. The lowest BCUT2D eigenvalue weighted by Gasteiger charge is -2.11. The zero-order chi connectivity index (χ0) is 8.39. The molecule has 0 radical (unpaired) electrons. The standard InChI is InChI=1S/C10H15NS/c1-8(10-4-5-12-7-10)11-6-9-2-3-9/h4-5,7-9,11H,2-3,6H2,1H3. The summed E-state index contributed by atoms with van der Waals surface area (Å²) in [4.78, 5) is 0. The molecule has 1 fully saturated rings. The van der Waals surface area contributed by atoms with Crippen LogP contribution in [0, 0.1) is 5.92 Å². The molecule has 1 heterocycles. The van der Waals surface area contributed by atoms with Crippen LogP contribution in [0.5, 0.6) is 0 Å². The van der Waals surface area contributed by atoms with Crippen LogP contribution in [-0.4, -0.2) is 6.54 Å². The molecule has 1 atom stereocenters. The first kappa shape index (κ1) is 8.27. The van der Waals surface area contributed by atoms with Gasteiger partial charge < -0.3 is 5.32 Å². The van der Waals surface area contributed by atoms with Gasteiger partial charge in [0.1, 0.15) is 0 Å². The quantitative estimate of drug-likeness (QED) is 0.753. The monoisotopic (exact) mass is 181 g/mol. The van der Waals surface area contributed by atoms with Crippen molar-refractivity contribution in [2.24, 2.45) is 5.92 Å². The van der Waals surface area contributed by atoms with Crippen molar-refractivity contribution in [3.63, 3.8) is 0 Å². The summed E-state index contributed by atoms with van der Waals surface area (Å²) >= 11 is 1.78. The summed E-state index contributed by atoms with van der Waals surface area (Å²) in [5, 5.41) is 7.92. The van der Waals surface area contributed by atoms with Crippen LogP contribution in [0.4, 0.5) is 0 Å². The Bertz CT molecular complexity index is 226. The van der Waals surface area contributed by atoms with Gasteiger partial charge in [-0.1, -0.05) is 0 Å². The van der Waals surface area contributed by atoms with Crippen molar-refractivity contribution in [1.82, 2.24) is 5.32 Å². The normalized spacial score (nSPS) is 19.4. The minimum absolute atomic E-state index is 0.539. The Morgan fingerprint density at radius 2 is 2.50 bits per heavy atom. The highest BCUT2D eigenvalue weighted by Gasteiger charge is 2.21. The topological polar surface area (TPSA) is 12.0 Å². The van der Waals surface area contributed by atoms with Crippen LogP contribution in [0.25, 0.3) is 0 Å². The zero-order valence-electron chi connectivity index (χ0n) is 7.42. The molecular weight excluding hydrogens is 166 g/mol. The first-order valence-electron chi connectivity index (χ1n) is 4.62. The minimum Gasteiger partial charge on any atom is -0.310 e. The lowest BCUT2D eigenvalue weighted by atomic mass is 10.2. The molecule has 1 N–H and O–H groups in total. The van der Waals surface area contributed by atoms with Gasteiger partial charge in [-0.25, -0.2) is 0 Å². The smallest absolute Gasteiger partial charge is 0.0300 e. The summed E-state index contributed by atoms with van der Waals surface area (Å²) in [6, 6.07) is 2.74. The van der Waals surface area contributed by atoms with Crippen LogP contribution in [0.3, 0.4) is 0 Å². The van der Waals surface area contributed by atoms with Gasteiger partial charge in [0.2, 0.25) is 0 Å². The van der Waals surface area contributed by atoms with Crippen LogP contribution >= 0.6 is 11.3 Å². The molecule has 1 aromatic rings. The van der Waals surface area contributed by atoms with Crippen molar-refractivity contribution in [2.45, 2.75) is 25.8 Å². The third kappa shape index (κ3) is 2.08. The predicted octanol–water partition coefficient (Wildman–Crippen LogP) is 2.81. The van der Waals surface area contributed by atoms with Gasteiger partial charge >= 0.3 is 0 Å². The molecule has 1 unspecified atom stereocenters. The fourth-order valence-electron chi connectivity index (χ4n) is 1.30. The summed E-state index contributed by atoms with van der Waals surface area (Å²) in [6.45, 7) is 3.45. The molecule has 1 aliphatic carbocycles. The summed E-state index contributed by atoms with van der Waals surface area (Å²) in [6.07, 6.45) is 2.87. The van der Waals surface area contributed by atoms with Crippen LogP contribution in [0.15, 0.2) is 16.8 Å². The van der Waals surface area contributed by atoms with Crippen LogP contribution in [0.1, 0.15) is 31.4 Å². The predicted molar refractivity (Wildman–Crippen MR) is 53.5 cm³/mol. The maximum atomic E-state index is 3.55. The van der Waals surface area contributed by atoms with Crippen molar-refractivity contribution in [1.29, 1.82) is 0 Å². The highest BCUT2D eigenvalue weighted by molar-refractivity contribution is 7.07. The van der Waals surface area contributed by atoms with Crippen molar-refractivity contribution < 1.29 is 0 Å². The molecule has 1 aliphatic rings. The van der Waals surface area contributed by atoms with Gasteiger partial charge in [0.15, 0.2) is 0 Å². The van der Waals surface area contributed by atoms with E-state index in [4.69, 9.17) is 0 Å². The van der Waals surface area contributed by atoms with Gasteiger partial charge in [-0.15, -0.1) is 0 Å². The third-order valence-electron chi connectivity index (χ3n) is 2.45. The van der Waals surface area contributed by atoms with Gasteiger partial charge in [0, 0.05) is 6.04 Å². The number of rotatable bonds is 4. The molecule has 12 heavy (non-hydrogen) atoms. The lowest BCUT2D eigenvalue weighted by Crippen LogP contribution is -2.20.